The molecule has 0 radical (unpaired) electrons. The fourth-order valence-electron chi connectivity index (χ4n) is 4.34. The Morgan fingerprint density at radius 1 is 1.13 bits per heavy atom. The summed E-state index contributed by atoms with van der Waals surface area (Å²) < 4.78 is 12.0. The Morgan fingerprint density at radius 2 is 1.70 bits per heavy atom. The van der Waals surface area contributed by atoms with E-state index < -0.39 is 16.6 Å². The molecule has 23 heavy (non-hydrogen) atoms. The minimum Gasteiger partial charge on any atom is -0.519 e. The van der Waals surface area contributed by atoms with Crippen molar-refractivity contribution in [2.75, 3.05) is 7.11 Å². The van der Waals surface area contributed by atoms with E-state index in [0.717, 1.165) is 12.8 Å². The highest BCUT2D eigenvalue weighted by molar-refractivity contribution is 6.75. The van der Waals surface area contributed by atoms with Gasteiger partial charge in [-0.25, -0.2) is 0 Å². The number of hydrogen-bond acceptors (Lipinski definition) is 3. The standard InChI is InChI=1S/C18H36O3Si2/c1-17(2,3)23(8,9)21-16(19)18(4)12-13-10-14(18)11-15(13)22(6,7)20-5/h13-15H,10-12H2,1-9H3. The van der Waals surface area contributed by atoms with Crippen LogP contribution < -0.4 is 0 Å². The van der Waals surface area contributed by atoms with Crippen molar-refractivity contribution in [1.29, 1.82) is 0 Å². The normalized spacial score (nSPS) is 34.7. The van der Waals surface area contributed by atoms with Gasteiger partial charge in [0, 0.05) is 7.11 Å². The molecule has 4 atom stereocenters. The zero-order valence-electron chi connectivity index (χ0n) is 16.6. The molecule has 0 heterocycles. The molecule has 0 aromatic heterocycles. The maximum Gasteiger partial charge on any atom is 0.298 e. The molecule has 4 unspecified atom stereocenters. The van der Waals surface area contributed by atoms with E-state index in [4.69, 9.17) is 8.85 Å². The Balaban J connectivity index is 2.11. The highest BCUT2D eigenvalue weighted by Gasteiger charge is 2.61. The first kappa shape index (κ1) is 19.2. The van der Waals surface area contributed by atoms with E-state index in [2.05, 4.69) is 53.9 Å². The first-order valence-electron chi connectivity index (χ1n) is 9.03. The van der Waals surface area contributed by atoms with E-state index in [0.29, 0.717) is 17.4 Å². The van der Waals surface area contributed by atoms with Gasteiger partial charge in [-0.3, -0.25) is 4.79 Å². The van der Waals surface area contributed by atoms with E-state index in [9.17, 15) is 4.79 Å². The minimum atomic E-state index is -2.04. The molecule has 0 N–H and O–H groups in total. The van der Waals surface area contributed by atoms with Gasteiger partial charge in [0.1, 0.15) is 0 Å². The van der Waals surface area contributed by atoms with Crippen LogP contribution in [0, 0.1) is 17.3 Å². The first-order valence-corrected chi connectivity index (χ1v) is 14.9. The van der Waals surface area contributed by atoms with Crippen LogP contribution in [0.4, 0.5) is 0 Å². The van der Waals surface area contributed by atoms with Crippen LogP contribution in [0.15, 0.2) is 0 Å². The summed E-state index contributed by atoms with van der Waals surface area (Å²) in [6.45, 7) is 17.7. The van der Waals surface area contributed by atoms with Crippen LogP contribution in [0.3, 0.4) is 0 Å². The average Bonchev–Trinajstić information content (AvgIpc) is 2.94. The van der Waals surface area contributed by atoms with Crippen molar-refractivity contribution in [3.05, 3.63) is 0 Å². The van der Waals surface area contributed by atoms with Gasteiger partial charge >= 0.3 is 0 Å². The van der Waals surface area contributed by atoms with Crippen molar-refractivity contribution in [2.24, 2.45) is 17.3 Å². The highest BCUT2D eigenvalue weighted by atomic mass is 28.4. The number of carbonyl (C=O) groups excluding carboxylic acids is 1. The zero-order valence-corrected chi connectivity index (χ0v) is 18.6. The molecule has 5 heteroatoms. The summed E-state index contributed by atoms with van der Waals surface area (Å²) >= 11 is 0. The SMILES string of the molecule is CO[Si](C)(C)C1CC2CC1CC2(C)C(=O)O[Si](C)(C)C(C)(C)C. The lowest BCUT2D eigenvalue weighted by Crippen LogP contribution is -2.49. The molecule has 2 aliphatic carbocycles. The summed E-state index contributed by atoms with van der Waals surface area (Å²) in [7, 11) is -1.79. The summed E-state index contributed by atoms with van der Waals surface area (Å²) in [6, 6.07) is 0. The van der Waals surface area contributed by atoms with Gasteiger partial charge in [0.25, 0.3) is 14.3 Å². The van der Waals surface area contributed by atoms with Gasteiger partial charge in [0.2, 0.25) is 0 Å². The topological polar surface area (TPSA) is 35.5 Å². The van der Waals surface area contributed by atoms with Gasteiger partial charge in [-0.15, -0.1) is 0 Å². The Kier molecular flexibility index (Phi) is 4.76. The van der Waals surface area contributed by atoms with E-state index in [1.54, 1.807) is 0 Å². The summed E-state index contributed by atoms with van der Waals surface area (Å²) in [5.41, 5.74) is 0.431. The lowest BCUT2D eigenvalue weighted by Gasteiger charge is -2.43. The van der Waals surface area contributed by atoms with Crippen LogP contribution in [-0.2, 0) is 13.6 Å². The highest BCUT2D eigenvalue weighted by Crippen LogP contribution is 2.63. The van der Waals surface area contributed by atoms with E-state index in [-0.39, 0.29) is 16.4 Å². The fourth-order valence-corrected chi connectivity index (χ4v) is 7.88. The van der Waals surface area contributed by atoms with Crippen LogP contribution in [0.5, 0.6) is 0 Å². The fraction of sp³-hybridized carbons (Fsp3) is 0.944. The monoisotopic (exact) mass is 356 g/mol. The third kappa shape index (κ3) is 3.21. The second-order valence-electron chi connectivity index (χ2n) is 10.1. The molecule has 0 aliphatic heterocycles. The van der Waals surface area contributed by atoms with Gasteiger partial charge in [-0.1, -0.05) is 20.8 Å². The second kappa shape index (κ2) is 5.70. The lowest BCUT2D eigenvalue weighted by molar-refractivity contribution is -0.149. The van der Waals surface area contributed by atoms with Crippen LogP contribution in [-0.4, -0.2) is 29.7 Å². The summed E-state index contributed by atoms with van der Waals surface area (Å²) in [5.74, 6) is 1.21. The maximum absolute atomic E-state index is 13.0. The minimum absolute atomic E-state index is 0.0735. The number of carbonyl (C=O) groups is 1. The zero-order chi connectivity index (χ0) is 17.8. The third-order valence-corrected chi connectivity index (χ3v) is 15.2. The van der Waals surface area contributed by atoms with E-state index >= 15 is 0 Å². The predicted molar refractivity (Wildman–Crippen MR) is 100 cm³/mol. The second-order valence-corrected chi connectivity index (χ2v) is 19.2. The van der Waals surface area contributed by atoms with Crippen molar-refractivity contribution < 1.29 is 13.6 Å². The predicted octanol–water partition coefficient (Wildman–Crippen LogP) is 5.19. The van der Waals surface area contributed by atoms with Crippen molar-refractivity contribution >= 4 is 22.6 Å². The van der Waals surface area contributed by atoms with Crippen molar-refractivity contribution in [1.82, 2.24) is 0 Å². The van der Waals surface area contributed by atoms with Crippen LogP contribution >= 0.6 is 0 Å². The molecule has 2 saturated carbocycles. The molecule has 0 amide bonds. The smallest absolute Gasteiger partial charge is 0.298 e. The molecule has 0 aromatic rings. The van der Waals surface area contributed by atoms with Gasteiger partial charge in [-0.2, -0.15) is 0 Å². The summed E-state index contributed by atoms with van der Waals surface area (Å²) in [5, 5.41) is 0.0735. The molecule has 2 rings (SSSR count). The summed E-state index contributed by atoms with van der Waals surface area (Å²) in [6.07, 6.45) is 3.34. The summed E-state index contributed by atoms with van der Waals surface area (Å²) in [4.78, 5) is 13.0. The lowest BCUT2D eigenvalue weighted by atomic mass is 9.75. The van der Waals surface area contributed by atoms with Crippen LogP contribution in [0.25, 0.3) is 0 Å². The Labute approximate surface area is 144 Å². The van der Waals surface area contributed by atoms with Crippen LogP contribution in [0.2, 0.25) is 36.8 Å². The van der Waals surface area contributed by atoms with Gasteiger partial charge in [0.05, 0.1) is 5.41 Å². The van der Waals surface area contributed by atoms with Crippen LogP contribution in [0.1, 0.15) is 47.0 Å². The molecule has 2 fully saturated rings. The molecule has 2 aliphatic rings. The number of rotatable bonds is 4. The largest absolute Gasteiger partial charge is 0.519 e. The van der Waals surface area contributed by atoms with E-state index in [1.165, 1.54) is 6.42 Å². The molecule has 0 saturated heterocycles. The molecule has 0 spiro atoms. The van der Waals surface area contributed by atoms with Crippen molar-refractivity contribution in [3.63, 3.8) is 0 Å². The van der Waals surface area contributed by atoms with Gasteiger partial charge in [-0.05, 0) is 74.8 Å². The first-order chi connectivity index (χ1) is 10.2. The quantitative estimate of drug-likeness (QED) is 0.650. The maximum atomic E-state index is 13.0. The third-order valence-electron chi connectivity index (χ3n) is 7.32. The average molecular weight is 357 g/mol. The van der Waals surface area contributed by atoms with Gasteiger partial charge in [0.15, 0.2) is 8.32 Å². The molecular weight excluding hydrogens is 320 g/mol. The Bertz CT molecular complexity index is 481. The number of fused-ring (bicyclic) bond motifs is 2. The number of hydrogen-bond donors (Lipinski definition) is 0. The Morgan fingerprint density at radius 3 is 2.09 bits per heavy atom. The molecule has 134 valence electrons. The molecule has 2 bridgehead atoms. The van der Waals surface area contributed by atoms with Gasteiger partial charge < -0.3 is 8.85 Å². The van der Waals surface area contributed by atoms with E-state index in [1.807, 2.05) is 7.11 Å². The molecule has 0 aromatic carbocycles. The van der Waals surface area contributed by atoms with Crippen molar-refractivity contribution in [3.8, 4) is 0 Å². The molecule has 3 nitrogen and oxygen atoms in total. The molecular formula is C18H36O3Si2. The van der Waals surface area contributed by atoms with Crippen molar-refractivity contribution in [2.45, 2.75) is 83.7 Å². The Hall–Kier alpha value is -0.136.